The van der Waals surface area contributed by atoms with Gasteiger partial charge in [-0.25, -0.2) is 4.79 Å². The maximum absolute atomic E-state index is 12.0. The van der Waals surface area contributed by atoms with E-state index in [9.17, 15) is 9.59 Å². The molecule has 6 nitrogen and oxygen atoms in total. The molecule has 0 aliphatic heterocycles. The normalized spacial score (nSPS) is 11.6. The third-order valence-electron chi connectivity index (χ3n) is 3.79. The van der Waals surface area contributed by atoms with E-state index in [1.54, 1.807) is 43.3 Å². The summed E-state index contributed by atoms with van der Waals surface area (Å²) in [6, 6.07) is 9.92. The van der Waals surface area contributed by atoms with Crippen LogP contribution in [0.15, 0.2) is 47.1 Å². The van der Waals surface area contributed by atoms with Gasteiger partial charge in [0.25, 0.3) is 5.91 Å². The van der Waals surface area contributed by atoms with Crippen molar-refractivity contribution in [3.05, 3.63) is 54.0 Å². The average molecular weight is 359 g/mol. The highest BCUT2D eigenvalue weighted by Gasteiger charge is 2.14. The van der Waals surface area contributed by atoms with Gasteiger partial charge >= 0.3 is 5.97 Å². The van der Waals surface area contributed by atoms with Crippen molar-refractivity contribution in [3.63, 3.8) is 0 Å². The summed E-state index contributed by atoms with van der Waals surface area (Å²) in [7, 11) is 0. The number of furan rings is 1. The number of ether oxygens (including phenoxy) is 2. The van der Waals surface area contributed by atoms with Gasteiger partial charge in [-0.1, -0.05) is 19.8 Å². The number of carbonyl (C=O) groups is 2. The van der Waals surface area contributed by atoms with Crippen molar-refractivity contribution in [3.8, 4) is 5.75 Å². The van der Waals surface area contributed by atoms with Gasteiger partial charge in [0.2, 0.25) is 0 Å². The van der Waals surface area contributed by atoms with Crippen molar-refractivity contribution in [2.24, 2.45) is 0 Å². The second kappa shape index (κ2) is 10.3. The molecule has 1 aromatic carbocycles. The molecule has 2 aromatic rings. The SMILES string of the molecule is CCCCCOc1ccc(C(=O)OCC(=O)N[C@H](C)c2ccco2)cc1. The number of unbranched alkanes of at least 4 members (excludes halogenated alkanes) is 2. The van der Waals surface area contributed by atoms with Crippen LogP contribution in [0, 0.1) is 0 Å². The molecule has 0 saturated carbocycles. The van der Waals surface area contributed by atoms with Crippen molar-refractivity contribution in [1.82, 2.24) is 5.32 Å². The maximum atomic E-state index is 12.0. The maximum Gasteiger partial charge on any atom is 0.338 e. The van der Waals surface area contributed by atoms with Gasteiger partial charge in [0.1, 0.15) is 11.5 Å². The van der Waals surface area contributed by atoms with Crippen molar-refractivity contribution in [1.29, 1.82) is 0 Å². The molecular weight excluding hydrogens is 334 g/mol. The molecule has 1 N–H and O–H groups in total. The van der Waals surface area contributed by atoms with E-state index in [1.807, 2.05) is 0 Å². The zero-order valence-corrected chi connectivity index (χ0v) is 15.2. The smallest absolute Gasteiger partial charge is 0.338 e. The van der Waals surface area contributed by atoms with Crippen LogP contribution in [0.1, 0.15) is 55.3 Å². The van der Waals surface area contributed by atoms with Crippen molar-refractivity contribution in [2.75, 3.05) is 13.2 Å². The molecule has 1 amide bonds. The quantitative estimate of drug-likeness (QED) is 0.514. The molecule has 0 aliphatic rings. The predicted molar refractivity (Wildman–Crippen MR) is 97.0 cm³/mol. The van der Waals surface area contributed by atoms with E-state index >= 15 is 0 Å². The van der Waals surface area contributed by atoms with Crippen LogP contribution < -0.4 is 10.1 Å². The molecule has 0 saturated heterocycles. The number of carbonyl (C=O) groups excluding carboxylic acids is 2. The first-order chi connectivity index (χ1) is 12.6. The first-order valence-corrected chi connectivity index (χ1v) is 8.83. The number of rotatable bonds is 10. The first-order valence-electron chi connectivity index (χ1n) is 8.83. The van der Waals surface area contributed by atoms with E-state index in [0.29, 0.717) is 23.7 Å². The molecule has 0 fully saturated rings. The fourth-order valence-corrected chi connectivity index (χ4v) is 2.34. The average Bonchev–Trinajstić information content (AvgIpc) is 3.19. The van der Waals surface area contributed by atoms with E-state index < -0.39 is 11.9 Å². The third-order valence-corrected chi connectivity index (χ3v) is 3.79. The minimum Gasteiger partial charge on any atom is -0.494 e. The summed E-state index contributed by atoms with van der Waals surface area (Å²) in [6.45, 7) is 4.24. The molecule has 1 atom stereocenters. The molecule has 1 heterocycles. The highest BCUT2D eigenvalue weighted by molar-refractivity contribution is 5.91. The Hall–Kier alpha value is -2.76. The molecular formula is C20H25NO5. The second-order valence-corrected chi connectivity index (χ2v) is 5.96. The molecule has 6 heteroatoms. The summed E-state index contributed by atoms with van der Waals surface area (Å²) in [6.07, 6.45) is 4.81. The molecule has 0 unspecified atom stereocenters. The molecule has 26 heavy (non-hydrogen) atoms. The Bertz CT molecular complexity index is 679. The molecule has 0 aliphatic carbocycles. The van der Waals surface area contributed by atoms with Crippen molar-refractivity contribution >= 4 is 11.9 Å². The molecule has 0 spiro atoms. The lowest BCUT2D eigenvalue weighted by Crippen LogP contribution is -2.30. The van der Waals surface area contributed by atoms with Gasteiger partial charge in [-0.15, -0.1) is 0 Å². The van der Waals surface area contributed by atoms with E-state index in [-0.39, 0.29) is 12.6 Å². The van der Waals surface area contributed by atoms with Gasteiger partial charge in [-0.3, -0.25) is 4.79 Å². The van der Waals surface area contributed by atoms with Crippen LogP contribution in [-0.2, 0) is 9.53 Å². The fraction of sp³-hybridized carbons (Fsp3) is 0.400. The lowest BCUT2D eigenvalue weighted by molar-refractivity contribution is -0.125. The lowest BCUT2D eigenvalue weighted by atomic mass is 10.2. The van der Waals surface area contributed by atoms with Crippen LogP contribution in [0.5, 0.6) is 5.75 Å². The van der Waals surface area contributed by atoms with Gasteiger partial charge in [0, 0.05) is 0 Å². The monoisotopic (exact) mass is 359 g/mol. The Kier molecular flexibility index (Phi) is 7.74. The largest absolute Gasteiger partial charge is 0.494 e. The number of hydrogen-bond donors (Lipinski definition) is 1. The minimum atomic E-state index is -0.552. The highest BCUT2D eigenvalue weighted by atomic mass is 16.5. The molecule has 140 valence electrons. The van der Waals surface area contributed by atoms with E-state index in [1.165, 1.54) is 6.26 Å². The first kappa shape index (κ1) is 19.6. The van der Waals surface area contributed by atoms with Crippen LogP contribution >= 0.6 is 0 Å². The topological polar surface area (TPSA) is 77.8 Å². The third kappa shape index (κ3) is 6.27. The predicted octanol–water partition coefficient (Wildman–Crippen LogP) is 3.88. The Morgan fingerprint density at radius 2 is 1.92 bits per heavy atom. The standard InChI is InChI=1S/C20H25NO5/c1-3-4-5-12-24-17-10-8-16(9-11-17)20(23)26-14-19(22)21-15(2)18-7-6-13-25-18/h6-11,13,15H,3-5,12,14H2,1-2H3,(H,21,22)/t15-/m1/s1. The summed E-state index contributed by atoms with van der Waals surface area (Å²) in [4.78, 5) is 23.9. The molecule has 1 aromatic heterocycles. The van der Waals surface area contributed by atoms with Crippen LogP contribution in [0.25, 0.3) is 0 Å². The number of amides is 1. The number of nitrogens with one attached hydrogen (secondary N) is 1. The number of hydrogen-bond acceptors (Lipinski definition) is 5. The zero-order valence-electron chi connectivity index (χ0n) is 15.2. The highest BCUT2D eigenvalue weighted by Crippen LogP contribution is 2.14. The van der Waals surface area contributed by atoms with E-state index in [2.05, 4.69) is 12.2 Å². The van der Waals surface area contributed by atoms with E-state index in [0.717, 1.165) is 19.3 Å². The zero-order chi connectivity index (χ0) is 18.8. The Balaban J connectivity index is 1.74. The van der Waals surface area contributed by atoms with Crippen LogP contribution in [-0.4, -0.2) is 25.1 Å². The van der Waals surface area contributed by atoms with Gasteiger partial charge in [0.05, 0.1) is 24.5 Å². The molecule has 0 bridgehead atoms. The summed E-state index contributed by atoms with van der Waals surface area (Å²) in [5, 5.41) is 2.70. The summed E-state index contributed by atoms with van der Waals surface area (Å²) < 4.78 is 15.8. The van der Waals surface area contributed by atoms with Crippen LogP contribution in [0.2, 0.25) is 0 Å². The van der Waals surface area contributed by atoms with Gasteiger partial charge < -0.3 is 19.2 Å². The lowest BCUT2D eigenvalue weighted by Gasteiger charge is -2.11. The minimum absolute atomic E-state index is 0.291. The number of esters is 1. The van der Waals surface area contributed by atoms with Crippen LogP contribution in [0.4, 0.5) is 0 Å². The Labute approximate surface area is 153 Å². The van der Waals surface area contributed by atoms with Gasteiger partial charge in [-0.2, -0.15) is 0 Å². The summed E-state index contributed by atoms with van der Waals surface area (Å²) >= 11 is 0. The summed E-state index contributed by atoms with van der Waals surface area (Å²) in [5.74, 6) is 0.406. The van der Waals surface area contributed by atoms with Crippen molar-refractivity contribution < 1.29 is 23.5 Å². The van der Waals surface area contributed by atoms with E-state index in [4.69, 9.17) is 13.9 Å². The van der Waals surface area contributed by atoms with Gasteiger partial charge in [-0.05, 0) is 49.7 Å². The van der Waals surface area contributed by atoms with Crippen molar-refractivity contribution in [2.45, 2.75) is 39.2 Å². The van der Waals surface area contributed by atoms with Gasteiger partial charge in [0.15, 0.2) is 6.61 Å². The number of benzene rings is 1. The Morgan fingerprint density at radius 1 is 1.15 bits per heavy atom. The summed E-state index contributed by atoms with van der Waals surface area (Å²) in [5.41, 5.74) is 0.373. The second-order valence-electron chi connectivity index (χ2n) is 5.96. The molecule has 2 rings (SSSR count). The van der Waals surface area contributed by atoms with Crippen LogP contribution in [0.3, 0.4) is 0 Å². The Morgan fingerprint density at radius 3 is 2.58 bits per heavy atom. The molecule has 0 radical (unpaired) electrons. The fourth-order valence-electron chi connectivity index (χ4n) is 2.34.